The maximum absolute atomic E-state index is 13.6. The average molecular weight is 395 g/mol. The van der Waals surface area contributed by atoms with Crippen molar-refractivity contribution in [1.82, 2.24) is 20.0 Å². The lowest BCUT2D eigenvalue weighted by Crippen LogP contribution is -2.52. The van der Waals surface area contributed by atoms with Crippen LogP contribution in [-0.2, 0) is 23.1 Å². The van der Waals surface area contributed by atoms with Gasteiger partial charge in [0.15, 0.2) is 5.69 Å². The third kappa shape index (κ3) is 3.09. The molecule has 1 amide bonds. The molecule has 6 nitrogen and oxygen atoms in total. The highest BCUT2D eigenvalue weighted by Gasteiger charge is 2.43. The van der Waals surface area contributed by atoms with Crippen molar-refractivity contribution in [1.29, 1.82) is 0 Å². The molecule has 1 saturated heterocycles. The number of likely N-dealkylation sites (tertiary alicyclic amines) is 1. The Kier molecular flexibility index (Phi) is 4.51. The second-order valence-corrected chi connectivity index (χ2v) is 9.16. The molecule has 2 atom stereocenters. The monoisotopic (exact) mass is 394 g/mol. The molecule has 6 heteroatoms. The number of amides is 1. The van der Waals surface area contributed by atoms with Gasteiger partial charge in [-0.2, -0.15) is 5.10 Å². The number of ether oxygens (including phenoxy) is 1. The molecule has 4 heterocycles. The van der Waals surface area contributed by atoms with Gasteiger partial charge in [0.1, 0.15) is 0 Å². The smallest absolute Gasteiger partial charge is 0.274 e. The number of hydrogen-bond donors (Lipinski definition) is 1. The van der Waals surface area contributed by atoms with E-state index in [1.54, 1.807) is 0 Å². The summed E-state index contributed by atoms with van der Waals surface area (Å²) < 4.78 is 5.90. The van der Waals surface area contributed by atoms with Crippen LogP contribution in [0.4, 0.5) is 0 Å². The minimum Gasteiger partial charge on any atom is -0.369 e. The van der Waals surface area contributed by atoms with Gasteiger partial charge in [0.05, 0.1) is 17.9 Å². The number of carbonyl (C=O) groups is 1. The van der Waals surface area contributed by atoms with Crippen LogP contribution >= 0.6 is 0 Å². The third-order valence-electron chi connectivity index (χ3n) is 7.11. The molecule has 1 aromatic heterocycles. The van der Waals surface area contributed by atoms with E-state index < -0.39 is 0 Å². The van der Waals surface area contributed by atoms with E-state index in [9.17, 15) is 4.79 Å². The van der Waals surface area contributed by atoms with Crippen LogP contribution in [-0.4, -0.2) is 58.7 Å². The number of nitrogens with zero attached hydrogens (tertiary/aromatic N) is 3. The molecule has 1 fully saturated rings. The van der Waals surface area contributed by atoms with Crippen LogP contribution < -0.4 is 0 Å². The van der Waals surface area contributed by atoms with Gasteiger partial charge >= 0.3 is 0 Å². The molecule has 0 aliphatic carbocycles. The van der Waals surface area contributed by atoms with Gasteiger partial charge in [-0.1, -0.05) is 24.3 Å². The molecule has 154 valence electrons. The lowest BCUT2D eigenvalue weighted by atomic mass is 9.69. The van der Waals surface area contributed by atoms with Gasteiger partial charge in [-0.25, -0.2) is 0 Å². The summed E-state index contributed by atoms with van der Waals surface area (Å²) in [5.74, 6) is 0.0524. The molecular formula is C23H30N4O2. The second kappa shape index (κ2) is 6.96. The van der Waals surface area contributed by atoms with Gasteiger partial charge in [0.2, 0.25) is 0 Å². The Bertz CT molecular complexity index is 929. The van der Waals surface area contributed by atoms with E-state index >= 15 is 0 Å². The van der Waals surface area contributed by atoms with Crippen molar-refractivity contribution in [3.63, 3.8) is 0 Å². The summed E-state index contributed by atoms with van der Waals surface area (Å²) in [4.78, 5) is 18.1. The van der Waals surface area contributed by atoms with Gasteiger partial charge in [-0.15, -0.1) is 0 Å². The van der Waals surface area contributed by atoms with E-state index in [4.69, 9.17) is 4.74 Å². The molecule has 0 saturated carbocycles. The third-order valence-corrected chi connectivity index (χ3v) is 7.11. The number of fused-ring (bicyclic) bond motifs is 3. The predicted octanol–water partition coefficient (Wildman–Crippen LogP) is 3.05. The highest BCUT2D eigenvalue weighted by molar-refractivity contribution is 5.94. The topological polar surface area (TPSA) is 61.5 Å². The summed E-state index contributed by atoms with van der Waals surface area (Å²) >= 11 is 0. The van der Waals surface area contributed by atoms with E-state index in [2.05, 4.69) is 53.3 Å². The van der Waals surface area contributed by atoms with Crippen molar-refractivity contribution in [2.75, 3.05) is 26.7 Å². The van der Waals surface area contributed by atoms with Crippen molar-refractivity contribution in [3.05, 3.63) is 52.3 Å². The van der Waals surface area contributed by atoms with Gasteiger partial charge in [-0.05, 0) is 58.0 Å². The molecule has 0 unspecified atom stereocenters. The number of carbonyl (C=O) groups excluding carboxylic acids is 1. The SMILES string of the molecule is C[C@@H]1Cc2c(C(=O)N3Cc4ccccc4C4(CCN(C)CC4)C3)n[nH]c2[C@H](C)O1. The summed E-state index contributed by atoms with van der Waals surface area (Å²) in [6.45, 7) is 7.66. The summed E-state index contributed by atoms with van der Waals surface area (Å²) in [6.07, 6.45) is 2.96. The Morgan fingerprint density at radius 3 is 2.79 bits per heavy atom. The zero-order valence-corrected chi connectivity index (χ0v) is 17.6. The van der Waals surface area contributed by atoms with Crippen molar-refractivity contribution in [3.8, 4) is 0 Å². The maximum atomic E-state index is 13.6. The number of piperidine rings is 1. The molecule has 1 spiro atoms. The van der Waals surface area contributed by atoms with Crippen LogP contribution in [0.5, 0.6) is 0 Å². The highest BCUT2D eigenvalue weighted by atomic mass is 16.5. The normalized spacial score (nSPS) is 26.2. The molecule has 1 N–H and O–H groups in total. The van der Waals surface area contributed by atoms with Crippen molar-refractivity contribution >= 4 is 5.91 Å². The quantitative estimate of drug-likeness (QED) is 0.808. The molecule has 0 radical (unpaired) electrons. The zero-order valence-electron chi connectivity index (χ0n) is 17.6. The molecule has 3 aliphatic rings. The second-order valence-electron chi connectivity index (χ2n) is 9.16. The van der Waals surface area contributed by atoms with Crippen LogP contribution in [0.25, 0.3) is 0 Å². The van der Waals surface area contributed by atoms with E-state index in [1.807, 2.05) is 11.8 Å². The fourth-order valence-electron chi connectivity index (χ4n) is 5.51. The number of rotatable bonds is 1. The Morgan fingerprint density at radius 2 is 2.00 bits per heavy atom. The standard InChI is InChI=1S/C23H30N4O2/c1-15-12-18-20(16(2)29-15)24-25-21(18)22(28)27-13-17-6-4-5-7-19(17)23(14-27)8-10-26(3)11-9-23/h4-7,15-16H,8-14H2,1-3H3,(H,24,25)/t15-,16+/m1/s1. The van der Waals surface area contributed by atoms with Crippen molar-refractivity contribution in [2.24, 2.45) is 0 Å². The van der Waals surface area contributed by atoms with Crippen LogP contribution in [0.1, 0.15) is 65.7 Å². The number of aromatic nitrogens is 2. The summed E-state index contributed by atoms with van der Waals surface area (Å²) in [6, 6.07) is 8.70. The fraction of sp³-hybridized carbons (Fsp3) is 0.565. The van der Waals surface area contributed by atoms with E-state index in [0.29, 0.717) is 12.2 Å². The van der Waals surface area contributed by atoms with E-state index in [-0.39, 0.29) is 23.5 Å². The minimum absolute atomic E-state index is 0.0508. The molecule has 29 heavy (non-hydrogen) atoms. The first-order chi connectivity index (χ1) is 14.0. The molecule has 3 aliphatic heterocycles. The molecular weight excluding hydrogens is 364 g/mol. The molecule has 1 aromatic carbocycles. The van der Waals surface area contributed by atoms with Gasteiger partial charge in [0.25, 0.3) is 5.91 Å². The van der Waals surface area contributed by atoms with Crippen LogP contribution in [0.2, 0.25) is 0 Å². The van der Waals surface area contributed by atoms with Gasteiger partial charge < -0.3 is 14.5 Å². The van der Waals surface area contributed by atoms with Crippen LogP contribution in [0.15, 0.2) is 24.3 Å². The highest BCUT2D eigenvalue weighted by Crippen LogP contribution is 2.42. The van der Waals surface area contributed by atoms with Crippen LogP contribution in [0, 0.1) is 0 Å². The summed E-state index contributed by atoms with van der Waals surface area (Å²) in [7, 11) is 2.19. The summed E-state index contributed by atoms with van der Waals surface area (Å²) in [5, 5.41) is 7.54. The maximum Gasteiger partial charge on any atom is 0.274 e. The number of aromatic amines is 1. The largest absolute Gasteiger partial charge is 0.369 e. The van der Waals surface area contributed by atoms with Crippen molar-refractivity contribution in [2.45, 2.75) is 57.3 Å². The first-order valence-electron chi connectivity index (χ1n) is 10.8. The number of nitrogens with one attached hydrogen (secondary N) is 1. The fourth-order valence-corrected chi connectivity index (χ4v) is 5.51. The van der Waals surface area contributed by atoms with E-state index in [0.717, 1.165) is 50.2 Å². The molecule has 5 rings (SSSR count). The Labute approximate surface area is 172 Å². The van der Waals surface area contributed by atoms with Crippen molar-refractivity contribution < 1.29 is 9.53 Å². The number of H-pyrrole nitrogens is 1. The predicted molar refractivity (Wildman–Crippen MR) is 111 cm³/mol. The number of benzene rings is 1. The Hall–Kier alpha value is -2.18. The first kappa shape index (κ1) is 18.8. The zero-order chi connectivity index (χ0) is 20.2. The number of hydrogen-bond acceptors (Lipinski definition) is 4. The lowest BCUT2D eigenvalue weighted by molar-refractivity contribution is -0.00705. The minimum atomic E-state index is -0.0508. The summed E-state index contributed by atoms with van der Waals surface area (Å²) in [5.41, 5.74) is 5.36. The lowest BCUT2D eigenvalue weighted by Gasteiger charge is -2.48. The first-order valence-corrected chi connectivity index (χ1v) is 10.8. The Balaban J connectivity index is 1.49. The van der Waals surface area contributed by atoms with E-state index in [1.165, 1.54) is 11.1 Å². The molecule has 0 bridgehead atoms. The van der Waals surface area contributed by atoms with Crippen LogP contribution in [0.3, 0.4) is 0 Å². The molecule has 2 aromatic rings. The van der Waals surface area contributed by atoms with Gasteiger partial charge in [-0.3, -0.25) is 9.89 Å². The Morgan fingerprint density at radius 1 is 1.24 bits per heavy atom. The van der Waals surface area contributed by atoms with Gasteiger partial charge in [0, 0.05) is 30.5 Å². The average Bonchev–Trinajstić information content (AvgIpc) is 3.14.